The molecule has 2 aromatic rings. The Kier molecular flexibility index (Phi) is 3.22. The number of ether oxygens (including phenoxy) is 1. The first kappa shape index (κ1) is 12.2. The van der Waals surface area contributed by atoms with Gasteiger partial charge in [-0.15, -0.1) is 0 Å². The summed E-state index contributed by atoms with van der Waals surface area (Å²) >= 11 is 0. The van der Waals surface area contributed by atoms with Crippen LogP contribution in [0.15, 0.2) is 36.7 Å². The maximum absolute atomic E-state index is 5.92. The zero-order valence-corrected chi connectivity index (χ0v) is 11.1. The number of rotatable bonds is 2. The van der Waals surface area contributed by atoms with Crippen LogP contribution in [-0.4, -0.2) is 18.1 Å². The normalized spacial score (nSPS) is 17.7. The van der Waals surface area contributed by atoms with E-state index in [1.54, 1.807) is 0 Å². The Morgan fingerprint density at radius 2 is 2.21 bits per heavy atom. The lowest BCUT2D eigenvalue weighted by atomic mass is 9.89. The number of hydrogen-bond donors (Lipinski definition) is 1. The molecule has 1 atom stereocenters. The molecule has 1 aromatic carbocycles. The lowest BCUT2D eigenvalue weighted by Gasteiger charge is -2.27. The van der Waals surface area contributed by atoms with Crippen molar-refractivity contribution in [3.8, 4) is 16.9 Å². The molecule has 0 saturated heterocycles. The van der Waals surface area contributed by atoms with Gasteiger partial charge in [0.1, 0.15) is 5.75 Å². The van der Waals surface area contributed by atoms with Crippen LogP contribution in [0.4, 0.5) is 0 Å². The number of benzene rings is 1. The molecule has 2 heterocycles. The number of nitrogens with two attached hydrogens (primary N) is 1. The van der Waals surface area contributed by atoms with Crippen LogP contribution in [0.3, 0.4) is 0 Å². The summed E-state index contributed by atoms with van der Waals surface area (Å²) in [5.41, 5.74) is 10.6. The summed E-state index contributed by atoms with van der Waals surface area (Å²) in [6.07, 6.45) is 4.71. The first-order valence-corrected chi connectivity index (χ1v) is 6.68. The van der Waals surface area contributed by atoms with Crippen LogP contribution < -0.4 is 10.5 Å². The number of fused-ring (bicyclic) bond motifs is 1. The number of para-hydroxylation sites is 1. The molecule has 19 heavy (non-hydrogen) atoms. The predicted octanol–water partition coefficient (Wildman–Crippen LogP) is 2.88. The average molecular weight is 254 g/mol. The summed E-state index contributed by atoms with van der Waals surface area (Å²) < 4.78 is 5.92. The van der Waals surface area contributed by atoms with Crippen LogP contribution in [0.2, 0.25) is 0 Å². The molecule has 0 bridgehead atoms. The van der Waals surface area contributed by atoms with Crippen LogP contribution in [0.1, 0.15) is 23.5 Å². The lowest BCUT2D eigenvalue weighted by molar-refractivity contribution is 0.270. The van der Waals surface area contributed by atoms with E-state index in [9.17, 15) is 0 Å². The molecule has 1 aromatic heterocycles. The van der Waals surface area contributed by atoms with Crippen molar-refractivity contribution < 1.29 is 4.74 Å². The number of pyridine rings is 1. The third kappa shape index (κ3) is 2.10. The van der Waals surface area contributed by atoms with Crippen molar-refractivity contribution in [1.29, 1.82) is 0 Å². The zero-order valence-electron chi connectivity index (χ0n) is 11.1. The van der Waals surface area contributed by atoms with E-state index in [1.807, 2.05) is 18.5 Å². The van der Waals surface area contributed by atoms with Gasteiger partial charge < -0.3 is 10.5 Å². The highest BCUT2D eigenvalue weighted by Crippen LogP contribution is 2.41. The Morgan fingerprint density at radius 1 is 1.32 bits per heavy atom. The summed E-state index contributed by atoms with van der Waals surface area (Å²) in [7, 11) is 0. The van der Waals surface area contributed by atoms with E-state index in [1.165, 1.54) is 11.1 Å². The molecule has 0 aliphatic carbocycles. The number of hydrogen-bond acceptors (Lipinski definition) is 3. The highest BCUT2D eigenvalue weighted by molar-refractivity contribution is 5.75. The van der Waals surface area contributed by atoms with Crippen molar-refractivity contribution in [2.45, 2.75) is 19.3 Å². The number of aryl methyl sites for hydroxylation is 1. The van der Waals surface area contributed by atoms with Gasteiger partial charge in [-0.1, -0.05) is 18.2 Å². The van der Waals surface area contributed by atoms with Crippen LogP contribution in [0.25, 0.3) is 11.1 Å². The van der Waals surface area contributed by atoms with Crippen molar-refractivity contribution in [2.75, 3.05) is 13.2 Å². The van der Waals surface area contributed by atoms with Gasteiger partial charge in [0.25, 0.3) is 0 Å². The summed E-state index contributed by atoms with van der Waals surface area (Å²) in [6, 6.07) is 8.37. The summed E-state index contributed by atoms with van der Waals surface area (Å²) in [6.45, 7) is 3.50. The summed E-state index contributed by atoms with van der Waals surface area (Å²) in [5.74, 6) is 1.41. The second-order valence-electron chi connectivity index (χ2n) is 4.98. The fourth-order valence-corrected chi connectivity index (χ4v) is 2.73. The summed E-state index contributed by atoms with van der Waals surface area (Å²) in [5, 5.41) is 0. The topological polar surface area (TPSA) is 48.1 Å². The van der Waals surface area contributed by atoms with E-state index in [2.05, 4.69) is 30.1 Å². The molecule has 0 fully saturated rings. The number of aromatic nitrogens is 1. The second kappa shape index (κ2) is 5.02. The standard InChI is InChI=1S/C16H18N2O/c1-11-10-18-7-5-13(11)15-4-2-3-14-12(9-17)6-8-19-16(14)15/h2-5,7,10,12H,6,8-9,17H2,1H3/t12-/m0/s1. The van der Waals surface area contributed by atoms with E-state index in [4.69, 9.17) is 10.5 Å². The lowest BCUT2D eigenvalue weighted by Crippen LogP contribution is -2.21. The van der Waals surface area contributed by atoms with Gasteiger partial charge in [-0.05, 0) is 42.6 Å². The van der Waals surface area contributed by atoms with Crippen molar-refractivity contribution in [1.82, 2.24) is 4.98 Å². The van der Waals surface area contributed by atoms with Gasteiger partial charge in [-0.2, -0.15) is 0 Å². The largest absolute Gasteiger partial charge is 0.493 e. The number of nitrogens with zero attached hydrogens (tertiary/aromatic N) is 1. The molecule has 3 rings (SSSR count). The molecule has 1 aliphatic heterocycles. The quantitative estimate of drug-likeness (QED) is 0.896. The molecular formula is C16H18N2O. The third-order valence-corrected chi connectivity index (χ3v) is 3.79. The Labute approximate surface area is 113 Å². The molecule has 0 spiro atoms. The van der Waals surface area contributed by atoms with E-state index in [0.717, 1.165) is 29.9 Å². The van der Waals surface area contributed by atoms with Gasteiger partial charge in [-0.25, -0.2) is 0 Å². The Balaban J connectivity index is 2.16. The van der Waals surface area contributed by atoms with E-state index < -0.39 is 0 Å². The second-order valence-corrected chi connectivity index (χ2v) is 4.98. The monoisotopic (exact) mass is 254 g/mol. The van der Waals surface area contributed by atoms with Crippen molar-refractivity contribution in [3.63, 3.8) is 0 Å². The van der Waals surface area contributed by atoms with Crippen molar-refractivity contribution in [3.05, 3.63) is 47.8 Å². The van der Waals surface area contributed by atoms with Crippen LogP contribution in [0.5, 0.6) is 5.75 Å². The Bertz CT molecular complexity index is 595. The van der Waals surface area contributed by atoms with Gasteiger partial charge in [0.05, 0.1) is 6.61 Å². The van der Waals surface area contributed by atoms with Gasteiger partial charge in [0.15, 0.2) is 0 Å². The van der Waals surface area contributed by atoms with Crippen molar-refractivity contribution in [2.24, 2.45) is 5.73 Å². The minimum atomic E-state index is 0.408. The maximum Gasteiger partial charge on any atom is 0.130 e. The van der Waals surface area contributed by atoms with E-state index in [-0.39, 0.29) is 0 Å². The average Bonchev–Trinajstić information content (AvgIpc) is 2.46. The molecule has 3 nitrogen and oxygen atoms in total. The van der Waals surface area contributed by atoms with Gasteiger partial charge in [0.2, 0.25) is 0 Å². The molecule has 0 radical (unpaired) electrons. The van der Waals surface area contributed by atoms with Crippen LogP contribution in [0, 0.1) is 6.92 Å². The first-order valence-electron chi connectivity index (χ1n) is 6.68. The molecule has 3 heteroatoms. The Hall–Kier alpha value is -1.87. The van der Waals surface area contributed by atoms with Gasteiger partial charge in [0, 0.05) is 23.9 Å². The van der Waals surface area contributed by atoms with Gasteiger partial charge in [-0.3, -0.25) is 4.98 Å². The highest BCUT2D eigenvalue weighted by atomic mass is 16.5. The van der Waals surface area contributed by atoms with Crippen LogP contribution in [-0.2, 0) is 0 Å². The van der Waals surface area contributed by atoms with Gasteiger partial charge >= 0.3 is 0 Å². The third-order valence-electron chi connectivity index (χ3n) is 3.79. The minimum absolute atomic E-state index is 0.408. The highest BCUT2D eigenvalue weighted by Gasteiger charge is 2.23. The molecule has 2 N–H and O–H groups in total. The van der Waals surface area contributed by atoms with E-state index in [0.29, 0.717) is 12.5 Å². The molecule has 0 unspecified atom stereocenters. The molecule has 1 aliphatic rings. The minimum Gasteiger partial charge on any atom is -0.493 e. The molecule has 0 amide bonds. The Morgan fingerprint density at radius 3 is 3.00 bits per heavy atom. The summed E-state index contributed by atoms with van der Waals surface area (Å²) in [4.78, 5) is 4.15. The molecular weight excluding hydrogens is 236 g/mol. The fraction of sp³-hybridized carbons (Fsp3) is 0.312. The zero-order chi connectivity index (χ0) is 13.2. The van der Waals surface area contributed by atoms with E-state index >= 15 is 0 Å². The SMILES string of the molecule is Cc1cnccc1-c1cccc2c1OCC[C@H]2CN. The molecule has 98 valence electrons. The maximum atomic E-state index is 5.92. The van der Waals surface area contributed by atoms with Crippen LogP contribution >= 0.6 is 0 Å². The smallest absolute Gasteiger partial charge is 0.130 e. The molecule has 0 saturated carbocycles. The predicted molar refractivity (Wildman–Crippen MR) is 76.3 cm³/mol. The first-order chi connectivity index (χ1) is 9.31. The van der Waals surface area contributed by atoms with Crippen molar-refractivity contribution >= 4 is 0 Å². The fourth-order valence-electron chi connectivity index (χ4n) is 2.73.